The van der Waals surface area contributed by atoms with Gasteiger partial charge in [0.25, 0.3) is 0 Å². The van der Waals surface area contributed by atoms with Crippen LogP contribution in [0.1, 0.15) is 142 Å². The van der Waals surface area contributed by atoms with Crippen molar-refractivity contribution in [3.63, 3.8) is 0 Å². The predicted octanol–water partition coefficient (Wildman–Crippen LogP) is 7.81. The Hall–Kier alpha value is -2.53. The minimum absolute atomic E-state index is 0.0707. The molecule has 1 atom stereocenters. The number of unbranched alkanes of at least 4 members (excludes halogenated alkanes) is 15. The number of imidazole rings is 1. The molecule has 0 fully saturated rings. The number of aromatic nitrogens is 3. The molecule has 10 nitrogen and oxygen atoms in total. The molecule has 2 rings (SSSR count). The summed E-state index contributed by atoms with van der Waals surface area (Å²) in [5.41, 5.74) is 7.81. The van der Waals surface area contributed by atoms with E-state index < -0.39 is 32.6 Å². The molecule has 0 radical (unpaired) electrons. The Morgan fingerprint density at radius 2 is 1.43 bits per heavy atom. The Kier molecular flexibility index (Phi) is 17.8. The fraction of sp³-hybridized carbons (Fsp3) is 0.771. The monoisotopic (exact) mass is 663 g/mol. The number of fused-ring (bicyclic) bond motifs is 1. The van der Waals surface area contributed by atoms with Crippen LogP contribution in [0, 0.1) is 6.92 Å². The molecule has 0 aromatic carbocycles. The molecule has 0 spiro atoms. The molecule has 0 saturated heterocycles. The third-order valence-corrected chi connectivity index (χ3v) is 11.8. The number of rotatable bonds is 25. The van der Waals surface area contributed by atoms with Gasteiger partial charge in [-0.15, -0.1) is 0 Å². The van der Waals surface area contributed by atoms with Gasteiger partial charge >= 0.3 is 6.09 Å². The van der Waals surface area contributed by atoms with E-state index in [0.29, 0.717) is 19.4 Å². The number of nitrogens with two attached hydrogens (primary N) is 1. The van der Waals surface area contributed by atoms with Crippen molar-refractivity contribution in [3.05, 3.63) is 24.3 Å². The molecule has 0 aliphatic carbocycles. The number of hydrogen-bond acceptors (Lipinski definition) is 7. The Labute approximate surface area is 277 Å². The summed E-state index contributed by atoms with van der Waals surface area (Å²) in [6, 6.07) is 0.626. The molecular weight excluding hydrogens is 602 g/mol. The number of sulfone groups is 1. The van der Waals surface area contributed by atoms with Crippen LogP contribution >= 0.6 is 0 Å². The van der Waals surface area contributed by atoms with Crippen molar-refractivity contribution in [1.82, 2.24) is 19.4 Å². The van der Waals surface area contributed by atoms with Crippen LogP contribution in [0.3, 0.4) is 0 Å². The van der Waals surface area contributed by atoms with E-state index in [2.05, 4.69) is 16.9 Å². The highest BCUT2D eigenvalue weighted by molar-refractivity contribution is 7.92. The maximum Gasteiger partial charge on any atom is 0.414 e. The van der Waals surface area contributed by atoms with Gasteiger partial charge in [-0.05, 0) is 46.1 Å². The van der Waals surface area contributed by atoms with E-state index in [9.17, 15) is 23.1 Å². The zero-order valence-corrected chi connectivity index (χ0v) is 29.8. The van der Waals surface area contributed by atoms with Crippen molar-refractivity contribution in [2.75, 3.05) is 12.3 Å². The Balaban J connectivity index is 1.67. The highest BCUT2D eigenvalue weighted by Gasteiger charge is 2.38. The lowest BCUT2D eigenvalue weighted by Gasteiger charge is -2.29. The highest BCUT2D eigenvalue weighted by Crippen LogP contribution is 2.25. The normalized spacial score (nSPS) is 12.9. The lowest BCUT2D eigenvalue weighted by atomic mass is 10.0. The average Bonchev–Trinajstić information content (AvgIpc) is 3.32. The van der Waals surface area contributed by atoms with Crippen LogP contribution in [0.25, 0.3) is 11.0 Å². The first kappa shape index (κ1) is 39.6. The number of aryl methyl sites for hydroxylation is 2. The van der Waals surface area contributed by atoms with Gasteiger partial charge in [0.15, 0.2) is 9.84 Å². The zero-order chi connectivity index (χ0) is 34.0. The second kappa shape index (κ2) is 20.7. The summed E-state index contributed by atoms with van der Waals surface area (Å²) in [7, 11) is -3.64. The Morgan fingerprint density at radius 1 is 0.913 bits per heavy atom. The van der Waals surface area contributed by atoms with E-state index in [-0.39, 0.29) is 18.7 Å². The van der Waals surface area contributed by atoms with Gasteiger partial charge < -0.3 is 15.4 Å². The van der Waals surface area contributed by atoms with Crippen molar-refractivity contribution in [2.45, 2.75) is 161 Å². The Morgan fingerprint density at radius 3 is 1.96 bits per heavy atom. The standard InChI is InChI=1S/C35H61N5O5S/c1-5-6-7-8-9-10-11-12-13-14-15-16-17-18-19-20-24-40(34(42)43)33(41)30(36)27-35(3,4)46(44,45)26-21-25-39-29(2)38-31-28-37-23-22-32(31)39/h22-23,28,30H,5-21,24-27,36H2,1-4H3,(H,42,43)/t30-/m0/s1. The second-order valence-corrected chi connectivity index (χ2v) is 16.2. The zero-order valence-electron chi connectivity index (χ0n) is 29.0. The molecule has 0 aliphatic rings. The minimum atomic E-state index is -3.64. The molecule has 2 amide bonds. The first-order valence-corrected chi connectivity index (χ1v) is 19.4. The van der Waals surface area contributed by atoms with Gasteiger partial charge in [0.1, 0.15) is 11.3 Å². The Bertz CT molecular complexity index is 1290. The number of carboxylic acid groups (broad SMARTS) is 1. The summed E-state index contributed by atoms with van der Waals surface area (Å²) in [4.78, 5) is 34.2. The number of imide groups is 1. The van der Waals surface area contributed by atoms with E-state index in [1.54, 1.807) is 26.2 Å². The number of carbonyl (C=O) groups is 2. The van der Waals surface area contributed by atoms with Gasteiger partial charge in [-0.1, -0.05) is 103 Å². The third-order valence-electron chi connectivity index (χ3n) is 9.14. The number of hydrogen-bond donors (Lipinski definition) is 2. The van der Waals surface area contributed by atoms with E-state index in [1.807, 2.05) is 17.6 Å². The summed E-state index contributed by atoms with van der Waals surface area (Å²) >= 11 is 0. The van der Waals surface area contributed by atoms with Crippen molar-refractivity contribution < 1.29 is 23.1 Å². The summed E-state index contributed by atoms with van der Waals surface area (Å²) in [6.07, 6.45) is 21.6. The molecule has 3 N–H and O–H groups in total. The van der Waals surface area contributed by atoms with Crippen LogP contribution in [-0.4, -0.2) is 68.0 Å². The van der Waals surface area contributed by atoms with Gasteiger partial charge in [0.2, 0.25) is 5.91 Å². The largest absolute Gasteiger partial charge is 0.465 e. The van der Waals surface area contributed by atoms with Crippen LogP contribution < -0.4 is 5.73 Å². The molecule has 0 aliphatic heterocycles. The van der Waals surface area contributed by atoms with Crippen LogP contribution in [0.15, 0.2) is 18.5 Å². The molecule has 262 valence electrons. The van der Waals surface area contributed by atoms with Gasteiger partial charge in [-0.25, -0.2) is 23.1 Å². The van der Waals surface area contributed by atoms with E-state index in [1.165, 1.54) is 77.0 Å². The first-order chi connectivity index (χ1) is 21.9. The minimum Gasteiger partial charge on any atom is -0.465 e. The van der Waals surface area contributed by atoms with E-state index in [0.717, 1.165) is 41.0 Å². The summed E-state index contributed by atoms with van der Waals surface area (Å²) in [5.74, 6) is -0.0521. The second-order valence-electron chi connectivity index (χ2n) is 13.5. The quantitative estimate of drug-likeness (QED) is 0.102. The molecule has 0 saturated carbocycles. The maximum atomic E-state index is 13.3. The summed E-state index contributed by atoms with van der Waals surface area (Å²) in [6.45, 7) is 7.78. The molecule has 46 heavy (non-hydrogen) atoms. The van der Waals surface area contributed by atoms with Crippen molar-refractivity contribution in [3.8, 4) is 0 Å². The molecule has 0 unspecified atom stereocenters. The van der Waals surface area contributed by atoms with E-state index >= 15 is 0 Å². The number of nitrogens with zero attached hydrogens (tertiary/aromatic N) is 4. The van der Waals surface area contributed by atoms with Crippen LogP contribution in [0.5, 0.6) is 0 Å². The smallest absolute Gasteiger partial charge is 0.414 e. The average molecular weight is 664 g/mol. The summed E-state index contributed by atoms with van der Waals surface area (Å²) < 4.78 is 27.3. The highest BCUT2D eigenvalue weighted by atomic mass is 32.2. The SMILES string of the molecule is CCCCCCCCCCCCCCCCCCN(C(=O)O)C(=O)[C@@H](N)CC(C)(C)S(=O)(=O)CCCn1c(C)nc2cnccc21. The third kappa shape index (κ3) is 13.3. The maximum absolute atomic E-state index is 13.3. The van der Waals surface area contributed by atoms with Crippen LogP contribution in [0.2, 0.25) is 0 Å². The van der Waals surface area contributed by atoms with Crippen LogP contribution in [0.4, 0.5) is 4.79 Å². The fourth-order valence-electron chi connectivity index (χ4n) is 6.14. The van der Waals surface area contributed by atoms with Gasteiger partial charge in [0.05, 0.1) is 28.3 Å². The van der Waals surface area contributed by atoms with Crippen molar-refractivity contribution in [2.24, 2.45) is 5.73 Å². The molecule has 2 aromatic rings. The van der Waals surface area contributed by atoms with Crippen molar-refractivity contribution in [1.29, 1.82) is 0 Å². The number of amides is 2. The topological polar surface area (TPSA) is 148 Å². The van der Waals surface area contributed by atoms with Crippen molar-refractivity contribution >= 4 is 32.9 Å². The molecule has 0 bridgehead atoms. The predicted molar refractivity (Wildman–Crippen MR) is 187 cm³/mol. The summed E-state index contributed by atoms with van der Waals surface area (Å²) in [5, 5.41) is 9.70. The van der Waals surface area contributed by atoms with Gasteiger partial charge in [0, 0.05) is 19.3 Å². The lowest BCUT2D eigenvalue weighted by molar-refractivity contribution is -0.130. The van der Waals surface area contributed by atoms with E-state index in [4.69, 9.17) is 5.73 Å². The van der Waals surface area contributed by atoms with Gasteiger partial charge in [-0.2, -0.15) is 0 Å². The lowest BCUT2D eigenvalue weighted by Crippen LogP contribution is -2.50. The molecule has 2 aromatic heterocycles. The molecular formula is C35H61N5O5S. The number of pyridine rings is 1. The van der Waals surface area contributed by atoms with Gasteiger partial charge in [-0.3, -0.25) is 9.78 Å². The first-order valence-electron chi connectivity index (χ1n) is 17.7. The van der Waals surface area contributed by atoms with Crippen LogP contribution in [-0.2, 0) is 21.2 Å². The fourth-order valence-corrected chi connectivity index (χ4v) is 7.63. The molecule has 2 heterocycles. The number of carbonyl (C=O) groups excluding carboxylic acids is 1. The molecule has 11 heteroatoms.